The molecule has 1 rings (SSSR count). The van der Waals surface area contributed by atoms with E-state index < -0.39 is 0 Å². The van der Waals surface area contributed by atoms with Crippen LogP contribution < -0.4 is 16.0 Å². The molecule has 5 nitrogen and oxygen atoms in total. The Balaban J connectivity index is 0.00000529. The molecule has 1 amide bonds. The number of carbonyl (C=O) groups is 1. The van der Waals surface area contributed by atoms with Crippen LogP contribution in [0.25, 0.3) is 0 Å². The van der Waals surface area contributed by atoms with E-state index in [2.05, 4.69) is 27.9 Å². The summed E-state index contributed by atoms with van der Waals surface area (Å²) >= 11 is 0. The van der Waals surface area contributed by atoms with Crippen molar-refractivity contribution in [1.82, 2.24) is 16.0 Å². The second-order valence-corrected chi connectivity index (χ2v) is 7.10. The van der Waals surface area contributed by atoms with Gasteiger partial charge in [-0.2, -0.15) is 0 Å². The number of rotatable bonds is 8. The van der Waals surface area contributed by atoms with Gasteiger partial charge < -0.3 is 16.0 Å². The average Bonchev–Trinajstić information content (AvgIpc) is 2.52. The molecule has 142 valence electrons. The molecule has 6 heteroatoms. The highest BCUT2D eigenvalue weighted by Crippen LogP contribution is 2.27. The van der Waals surface area contributed by atoms with Crippen molar-refractivity contribution in [2.24, 2.45) is 10.9 Å². The smallest absolute Gasteiger partial charge is 0.221 e. The van der Waals surface area contributed by atoms with Crippen LogP contribution in [0, 0.1) is 5.92 Å². The van der Waals surface area contributed by atoms with Gasteiger partial charge in [-0.25, -0.2) is 0 Å². The summed E-state index contributed by atoms with van der Waals surface area (Å²) in [6, 6.07) is 0.604. The number of guanidine groups is 1. The number of nitrogens with zero attached hydrogens (tertiary/aromatic N) is 1. The van der Waals surface area contributed by atoms with Gasteiger partial charge in [0.15, 0.2) is 5.96 Å². The highest BCUT2D eigenvalue weighted by molar-refractivity contribution is 14.0. The first-order valence-electron chi connectivity index (χ1n) is 9.27. The predicted octanol–water partition coefficient (Wildman–Crippen LogP) is 3.43. The van der Waals surface area contributed by atoms with Crippen molar-refractivity contribution in [3.8, 4) is 0 Å². The number of amides is 1. The number of nitrogens with one attached hydrogen (secondary N) is 3. The maximum atomic E-state index is 11.6. The summed E-state index contributed by atoms with van der Waals surface area (Å²) in [5, 5.41) is 9.54. The summed E-state index contributed by atoms with van der Waals surface area (Å²) in [6.07, 6.45) is 10.0. The number of hydrogen-bond donors (Lipinski definition) is 3. The Morgan fingerprint density at radius 1 is 1.12 bits per heavy atom. The Bertz CT molecular complexity index is 368. The third-order valence-corrected chi connectivity index (χ3v) is 4.43. The quantitative estimate of drug-likeness (QED) is 0.300. The maximum absolute atomic E-state index is 11.6. The molecule has 24 heavy (non-hydrogen) atoms. The third-order valence-electron chi connectivity index (χ3n) is 4.43. The van der Waals surface area contributed by atoms with Crippen molar-refractivity contribution in [2.75, 3.05) is 13.6 Å². The summed E-state index contributed by atoms with van der Waals surface area (Å²) in [6.45, 7) is 6.76. The van der Waals surface area contributed by atoms with Crippen LogP contribution in [0.2, 0.25) is 0 Å². The lowest BCUT2D eigenvalue weighted by Gasteiger charge is -2.24. The lowest BCUT2D eigenvalue weighted by atomic mass is 9.85. The molecule has 0 aromatic rings. The molecule has 0 spiro atoms. The van der Waals surface area contributed by atoms with Crippen LogP contribution in [-0.2, 0) is 4.79 Å². The molecule has 1 fully saturated rings. The van der Waals surface area contributed by atoms with Crippen molar-refractivity contribution in [2.45, 2.75) is 84.2 Å². The zero-order chi connectivity index (χ0) is 17.1. The molecule has 0 bridgehead atoms. The standard InChI is InChI=1S/C18H36N4O.HI/c1-14(2)21-17(23)12-13-20-18(19-4)22-15(3)10-11-16-8-6-5-7-9-16;/h14-16H,5-13H2,1-4H3,(H,21,23)(H2,19,20,22);1H. The van der Waals surface area contributed by atoms with E-state index in [1.165, 1.54) is 44.9 Å². The van der Waals surface area contributed by atoms with E-state index in [1.807, 2.05) is 13.8 Å². The summed E-state index contributed by atoms with van der Waals surface area (Å²) in [5.74, 6) is 1.79. The van der Waals surface area contributed by atoms with Gasteiger partial charge in [-0.05, 0) is 39.5 Å². The molecule has 0 heterocycles. The van der Waals surface area contributed by atoms with E-state index in [0.29, 0.717) is 19.0 Å². The minimum Gasteiger partial charge on any atom is -0.356 e. The SMILES string of the molecule is CN=C(NCCC(=O)NC(C)C)NC(C)CCC1CCCCC1.I. The van der Waals surface area contributed by atoms with Crippen molar-refractivity contribution in [3.63, 3.8) is 0 Å². The van der Waals surface area contributed by atoms with E-state index in [-0.39, 0.29) is 35.9 Å². The van der Waals surface area contributed by atoms with Gasteiger partial charge in [-0.15, -0.1) is 24.0 Å². The van der Waals surface area contributed by atoms with Crippen molar-refractivity contribution in [3.05, 3.63) is 0 Å². The van der Waals surface area contributed by atoms with E-state index in [1.54, 1.807) is 7.05 Å². The first-order valence-corrected chi connectivity index (χ1v) is 9.27. The molecule has 1 aliphatic carbocycles. The lowest BCUT2D eigenvalue weighted by Crippen LogP contribution is -2.43. The fourth-order valence-corrected chi connectivity index (χ4v) is 3.15. The van der Waals surface area contributed by atoms with Gasteiger partial charge in [-0.1, -0.05) is 32.1 Å². The average molecular weight is 452 g/mol. The second kappa shape index (κ2) is 13.7. The van der Waals surface area contributed by atoms with Gasteiger partial charge in [0.05, 0.1) is 0 Å². The number of aliphatic imine (C=N–C) groups is 1. The molecule has 1 atom stereocenters. The lowest BCUT2D eigenvalue weighted by molar-refractivity contribution is -0.121. The highest BCUT2D eigenvalue weighted by atomic mass is 127. The highest BCUT2D eigenvalue weighted by Gasteiger charge is 2.15. The van der Waals surface area contributed by atoms with Crippen LogP contribution in [0.1, 0.15) is 72.1 Å². The van der Waals surface area contributed by atoms with Crippen LogP contribution in [0.5, 0.6) is 0 Å². The number of halogens is 1. The van der Waals surface area contributed by atoms with E-state index in [0.717, 1.165) is 11.9 Å². The van der Waals surface area contributed by atoms with E-state index in [9.17, 15) is 4.79 Å². The number of carbonyl (C=O) groups excluding carboxylic acids is 1. The molecule has 3 N–H and O–H groups in total. The summed E-state index contributed by atoms with van der Waals surface area (Å²) in [7, 11) is 1.78. The minimum absolute atomic E-state index is 0. The Hall–Kier alpha value is -0.530. The first-order chi connectivity index (χ1) is 11.0. The van der Waals surface area contributed by atoms with Crippen molar-refractivity contribution >= 4 is 35.8 Å². The third kappa shape index (κ3) is 11.1. The van der Waals surface area contributed by atoms with Gasteiger partial charge in [0, 0.05) is 32.1 Å². The van der Waals surface area contributed by atoms with Crippen LogP contribution in [0.4, 0.5) is 0 Å². The van der Waals surface area contributed by atoms with Crippen LogP contribution in [0.15, 0.2) is 4.99 Å². The summed E-state index contributed by atoms with van der Waals surface area (Å²) in [5.41, 5.74) is 0. The van der Waals surface area contributed by atoms with E-state index in [4.69, 9.17) is 0 Å². The van der Waals surface area contributed by atoms with Crippen LogP contribution >= 0.6 is 24.0 Å². The van der Waals surface area contributed by atoms with Crippen LogP contribution in [0.3, 0.4) is 0 Å². The van der Waals surface area contributed by atoms with Gasteiger partial charge in [-0.3, -0.25) is 9.79 Å². The molecular formula is C18H37IN4O. The first kappa shape index (κ1) is 23.5. The monoisotopic (exact) mass is 452 g/mol. The molecule has 0 saturated heterocycles. The normalized spacial score (nSPS) is 17.1. The largest absolute Gasteiger partial charge is 0.356 e. The molecule has 1 unspecified atom stereocenters. The Kier molecular flexibility index (Phi) is 13.4. The molecule has 0 radical (unpaired) electrons. The summed E-state index contributed by atoms with van der Waals surface area (Å²) in [4.78, 5) is 15.9. The molecule has 0 aliphatic heterocycles. The Morgan fingerprint density at radius 2 is 1.79 bits per heavy atom. The predicted molar refractivity (Wildman–Crippen MR) is 113 cm³/mol. The minimum atomic E-state index is 0. The van der Waals surface area contributed by atoms with Gasteiger partial charge >= 0.3 is 0 Å². The van der Waals surface area contributed by atoms with Crippen molar-refractivity contribution in [1.29, 1.82) is 0 Å². The molecule has 1 saturated carbocycles. The second-order valence-electron chi connectivity index (χ2n) is 7.10. The zero-order valence-electron chi connectivity index (χ0n) is 15.9. The molecule has 0 aromatic carbocycles. The fraction of sp³-hybridized carbons (Fsp3) is 0.889. The van der Waals surface area contributed by atoms with Gasteiger partial charge in [0.1, 0.15) is 0 Å². The zero-order valence-corrected chi connectivity index (χ0v) is 18.2. The molecular weight excluding hydrogens is 415 g/mol. The molecule has 1 aliphatic rings. The van der Waals surface area contributed by atoms with Gasteiger partial charge in [0.2, 0.25) is 5.91 Å². The topological polar surface area (TPSA) is 65.5 Å². The van der Waals surface area contributed by atoms with Crippen molar-refractivity contribution < 1.29 is 4.79 Å². The Morgan fingerprint density at radius 3 is 2.38 bits per heavy atom. The Labute approximate surface area is 165 Å². The maximum Gasteiger partial charge on any atom is 0.221 e. The summed E-state index contributed by atoms with van der Waals surface area (Å²) < 4.78 is 0. The van der Waals surface area contributed by atoms with Crippen LogP contribution in [-0.4, -0.2) is 37.5 Å². The fourth-order valence-electron chi connectivity index (χ4n) is 3.15. The van der Waals surface area contributed by atoms with E-state index >= 15 is 0 Å². The number of hydrogen-bond acceptors (Lipinski definition) is 2. The molecule has 0 aromatic heterocycles. The van der Waals surface area contributed by atoms with Gasteiger partial charge in [0.25, 0.3) is 0 Å².